The molecule has 27 heavy (non-hydrogen) atoms. The first-order valence-electron chi connectivity index (χ1n) is 8.37. The Kier molecular flexibility index (Phi) is 3.43. The lowest BCUT2D eigenvalue weighted by Gasteiger charge is -2.09. The van der Waals surface area contributed by atoms with Crippen LogP contribution in [0.2, 0.25) is 0 Å². The Hall–Kier alpha value is -4.00. The number of anilines is 1. The molecule has 130 valence electrons. The van der Waals surface area contributed by atoms with Crippen LogP contribution in [0.3, 0.4) is 0 Å². The highest BCUT2D eigenvalue weighted by molar-refractivity contribution is 5.86. The number of para-hydroxylation sites is 1. The van der Waals surface area contributed by atoms with Crippen LogP contribution in [0.1, 0.15) is 0 Å². The SMILES string of the molecule is Nc1cc(Oc2cccc3ccc(-c4nnc5ccccn45)nc23)ccn1. The number of hydrogen-bond donors (Lipinski definition) is 1. The van der Waals surface area contributed by atoms with E-state index in [0.29, 0.717) is 28.8 Å². The van der Waals surface area contributed by atoms with Gasteiger partial charge in [0, 0.05) is 23.8 Å². The Bertz CT molecular complexity index is 1280. The van der Waals surface area contributed by atoms with Crippen molar-refractivity contribution < 1.29 is 4.74 Å². The minimum Gasteiger partial charge on any atom is -0.455 e. The number of fused-ring (bicyclic) bond motifs is 2. The van der Waals surface area contributed by atoms with Gasteiger partial charge < -0.3 is 10.5 Å². The summed E-state index contributed by atoms with van der Waals surface area (Å²) in [5, 5.41) is 9.44. The van der Waals surface area contributed by atoms with Crippen LogP contribution >= 0.6 is 0 Å². The molecule has 7 heteroatoms. The second kappa shape index (κ2) is 6.06. The van der Waals surface area contributed by atoms with Crippen LogP contribution < -0.4 is 10.5 Å². The molecular formula is C20H14N6O. The summed E-state index contributed by atoms with van der Waals surface area (Å²) in [6.07, 6.45) is 3.52. The fourth-order valence-electron chi connectivity index (χ4n) is 2.96. The van der Waals surface area contributed by atoms with E-state index in [1.54, 1.807) is 18.3 Å². The average Bonchev–Trinajstić information content (AvgIpc) is 3.12. The highest BCUT2D eigenvalue weighted by Crippen LogP contribution is 2.30. The smallest absolute Gasteiger partial charge is 0.187 e. The first-order valence-corrected chi connectivity index (χ1v) is 8.37. The van der Waals surface area contributed by atoms with Gasteiger partial charge in [-0.2, -0.15) is 0 Å². The quantitative estimate of drug-likeness (QED) is 0.531. The van der Waals surface area contributed by atoms with Gasteiger partial charge in [-0.05, 0) is 30.3 Å². The standard InChI is InChI=1S/C20H14N6O/c21-17-12-14(9-10-22-17)27-16-5-3-4-13-7-8-15(23-19(13)16)20-25-24-18-6-1-2-11-26(18)20/h1-12H,(H2,21,22). The number of benzene rings is 1. The first kappa shape index (κ1) is 15.3. The molecule has 0 spiro atoms. The Morgan fingerprint density at radius 3 is 2.81 bits per heavy atom. The van der Waals surface area contributed by atoms with Crippen LogP contribution in [0.5, 0.6) is 11.5 Å². The number of rotatable bonds is 3. The number of pyridine rings is 3. The van der Waals surface area contributed by atoms with Gasteiger partial charge in [0.05, 0.1) is 0 Å². The van der Waals surface area contributed by atoms with Crippen molar-refractivity contribution in [3.05, 3.63) is 73.1 Å². The maximum absolute atomic E-state index is 6.01. The molecule has 0 amide bonds. The summed E-state index contributed by atoms with van der Waals surface area (Å²) in [7, 11) is 0. The van der Waals surface area contributed by atoms with Crippen molar-refractivity contribution in [3.63, 3.8) is 0 Å². The molecule has 5 aromatic rings. The predicted molar refractivity (Wildman–Crippen MR) is 102 cm³/mol. The number of nitrogen functional groups attached to an aromatic ring is 1. The summed E-state index contributed by atoms with van der Waals surface area (Å²) in [5.41, 5.74) is 7.96. The van der Waals surface area contributed by atoms with Gasteiger partial charge >= 0.3 is 0 Å². The lowest BCUT2D eigenvalue weighted by Crippen LogP contribution is -1.95. The highest BCUT2D eigenvalue weighted by Gasteiger charge is 2.12. The van der Waals surface area contributed by atoms with E-state index in [4.69, 9.17) is 15.5 Å². The highest BCUT2D eigenvalue weighted by atomic mass is 16.5. The van der Waals surface area contributed by atoms with E-state index in [2.05, 4.69) is 15.2 Å². The van der Waals surface area contributed by atoms with E-state index < -0.39 is 0 Å². The minimum absolute atomic E-state index is 0.399. The third-order valence-corrected chi connectivity index (χ3v) is 4.21. The van der Waals surface area contributed by atoms with Crippen molar-refractivity contribution in [1.82, 2.24) is 24.6 Å². The summed E-state index contributed by atoms with van der Waals surface area (Å²) in [4.78, 5) is 8.78. The molecule has 5 rings (SSSR count). The molecule has 0 aliphatic carbocycles. The third kappa shape index (κ3) is 2.71. The van der Waals surface area contributed by atoms with Gasteiger partial charge in [-0.25, -0.2) is 9.97 Å². The number of nitrogens with zero attached hydrogens (tertiary/aromatic N) is 5. The number of ether oxygens (including phenoxy) is 1. The molecule has 2 N–H and O–H groups in total. The van der Waals surface area contributed by atoms with E-state index >= 15 is 0 Å². The Morgan fingerprint density at radius 2 is 1.89 bits per heavy atom. The second-order valence-corrected chi connectivity index (χ2v) is 6.00. The van der Waals surface area contributed by atoms with Crippen LogP contribution in [0.4, 0.5) is 5.82 Å². The van der Waals surface area contributed by atoms with Crippen LogP contribution in [-0.2, 0) is 0 Å². The van der Waals surface area contributed by atoms with E-state index in [-0.39, 0.29) is 0 Å². The number of nitrogens with two attached hydrogens (primary N) is 1. The normalized spacial score (nSPS) is 11.1. The second-order valence-electron chi connectivity index (χ2n) is 6.00. The number of aromatic nitrogens is 5. The zero-order valence-electron chi connectivity index (χ0n) is 14.1. The molecular weight excluding hydrogens is 340 g/mol. The fourth-order valence-corrected chi connectivity index (χ4v) is 2.96. The lowest BCUT2D eigenvalue weighted by molar-refractivity contribution is 0.487. The zero-order chi connectivity index (χ0) is 18.2. The van der Waals surface area contributed by atoms with Gasteiger partial charge in [0.25, 0.3) is 0 Å². The number of hydrogen-bond acceptors (Lipinski definition) is 6. The van der Waals surface area contributed by atoms with Crippen LogP contribution in [-0.4, -0.2) is 24.6 Å². The van der Waals surface area contributed by atoms with Gasteiger partial charge in [0.2, 0.25) is 0 Å². The van der Waals surface area contributed by atoms with Gasteiger partial charge in [-0.15, -0.1) is 10.2 Å². The molecule has 0 saturated heterocycles. The van der Waals surface area contributed by atoms with Crippen molar-refractivity contribution in [3.8, 4) is 23.0 Å². The molecule has 0 bridgehead atoms. The van der Waals surface area contributed by atoms with Crippen molar-refractivity contribution in [1.29, 1.82) is 0 Å². The minimum atomic E-state index is 0.399. The van der Waals surface area contributed by atoms with Crippen molar-refractivity contribution in [2.75, 3.05) is 5.73 Å². The van der Waals surface area contributed by atoms with Gasteiger partial charge in [-0.3, -0.25) is 4.40 Å². The molecule has 4 aromatic heterocycles. The molecule has 1 aromatic carbocycles. The topological polar surface area (TPSA) is 91.2 Å². The van der Waals surface area contributed by atoms with E-state index in [1.165, 1.54) is 0 Å². The summed E-state index contributed by atoms with van der Waals surface area (Å²) < 4.78 is 7.91. The maximum Gasteiger partial charge on any atom is 0.187 e. The monoisotopic (exact) mass is 354 g/mol. The third-order valence-electron chi connectivity index (χ3n) is 4.21. The predicted octanol–water partition coefficient (Wildman–Crippen LogP) is 3.71. The van der Waals surface area contributed by atoms with Gasteiger partial charge in [-0.1, -0.05) is 24.3 Å². The largest absolute Gasteiger partial charge is 0.455 e. The van der Waals surface area contributed by atoms with Crippen LogP contribution in [0, 0.1) is 0 Å². The summed E-state index contributed by atoms with van der Waals surface area (Å²) in [6.45, 7) is 0. The van der Waals surface area contributed by atoms with Gasteiger partial charge in [0.15, 0.2) is 17.2 Å². The molecule has 0 aliphatic heterocycles. The Labute approximate surface area is 154 Å². The molecule has 0 saturated carbocycles. The van der Waals surface area contributed by atoms with Crippen LogP contribution in [0.15, 0.2) is 73.1 Å². The molecule has 4 heterocycles. The van der Waals surface area contributed by atoms with E-state index in [1.807, 2.05) is 59.1 Å². The van der Waals surface area contributed by atoms with Crippen molar-refractivity contribution in [2.24, 2.45) is 0 Å². The molecule has 0 unspecified atom stereocenters. The van der Waals surface area contributed by atoms with Crippen molar-refractivity contribution >= 4 is 22.4 Å². The summed E-state index contributed by atoms with van der Waals surface area (Å²) in [5.74, 6) is 2.32. The molecule has 0 radical (unpaired) electrons. The maximum atomic E-state index is 6.01. The molecule has 7 nitrogen and oxygen atoms in total. The lowest BCUT2D eigenvalue weighted by atomic mass is 10.2. The molecule has 0 fully saturated rings. The average molecular weight is 354 g/mol. The van der Waals surface area contributed by atoms with Gasteiger partial charge in [0.1, 0.15) is 22.8 Å². The Morgan fingerprint density at radius 1 is 0.926 bits per heavy atom. The molecule has 0 aliphatic rings. The zero-order valence-corrected chi connectivity index (χ0v) is 14.1. The van der Waals surface area contributed by atoms with E-state index in [0.717, 1.165) is 16.6 Å². The first-order chi connectivity index (χ1) is 13.3. The van der Waals surface area contributed by atoms with Crippen LogP contribution in [0.25, 0.3) is 28.1 Å². The summed E-state index contributed by atoms with van der Waals surface area (Å²) >= 11 is 0. The fraction of sp³-hybridized carbons (Fsp3) is 0. The summed E-state index contributed by atoms with van der Waals surface area (Å²) in [6, 6.07) is 18.9. The Balaban J connectivity index is 1.64. The van der Waals surface area contributed by atoms with E-state index in [9.17, 15) is 0 Å². The molecule has 0 atom stereocenters. The van der Waals surface area contributed by atoms with Crippen molar-refractivity contribution in [2.45, 2.75) is 0 Å².